The molecule has 0 unspecified atom stereocenters. The predicted molar refractivity (Wildman–Crippen MR) is 149 cm³/mol. The fourth-order valence-electron chi connectivity index (χ4n) is 4.90. The molecule has 1 N–H and O–H groups in total. The summed E-state index contributed by atoms with van der Waals surface area (Å²) in [6, 6.07) is 17.0. The number of amides is 2. The fourth-order valence-corrected chi connectivity index (χ4v) is 4.90. The lowest BCUT2D eigenvalue weighted by molar-refractivity contribution is -0.135. The lowest BCUT2D eigenvalue weighted by Crippen LogP contribution is -2.49. The molecule has 0 saturated carbocycles. The van der Waals surface area contributed by atoms with Crippen LogP contribution in [0, 0.1) is 5.82 Å². The summed E-state index contributed by atoms with van der Waals surface area (Å²) in [5.41, 5.74) is 0.0240. The molecule has 1 aliphatic rings. The van der Waals surface area contributed by atoms with E-state index >= 15 is 0 Å². The molecule has 1 aliphatic heterocycles. The molecule has 0 bridgehead atoms. The summed E-state index contributed by atoms with van der Waals surface area (Å²) < 4.78 is 16.0. The number of likely N-dealkylation sites (tertiary alicyclic amines) is 1. The largest absolute Gasteiger partial charge is 0.388 e. The molecule has 2 heterocycles. The molecule has 0 aliphatic carbocycles. The Hall–Kier alpha value is -3.78. The van der Waals surface area contributed by atoms with E-state index in [9.17, 15) is 23.9 Å². The van der Waals surface area contributed by atoms with Crippen molar-refractivity contribution in [2.75, 3.05) is 20.1 Å². The quantitative estimate of drug-likeness (QED) is 0.472. The molecule has 1 saturated heterocycles. The third-order valence-electron chi connectivity index (χ3n) is 7.60. The number of piperidine rings is 1. The molecule has 0 spiro atoms. The van der Waals surface area contributed by atoms with E-state index in [-0.39, 0.29) is 41.1 Å². The normalized spacial score (nSPS) is 14.9. The Morgan fingerprint density at radius 2 is 1.67 bits per heavy atom. The standard InChI is InChI=1S/C31H36FN3O4/c1-22(2)33(3)30(38)26-20-35(29(37)19-25(26)24-11-7-8-12-27(24)32)21-31(39)15-17-34(18-16-31)28(36)14-13-23-9-5-4-6-10-23/h4-12,19-20,22,39H,13-18,21H2,1-3H3. The maximum absolute atomic E-state index is 14.7. The van der Waals surface area contributed by atoms with Crippen LogP contribution in [-0.4, -0.2) is 63.1 Å². The molecule has 2 aromatic carbocycles. The maximum Gasteiger partial charge on any atom is 0.255 e. The SMILES string of the molecule is CC(C)N(C)C(=O)c1cn(CC2(O)CCN(C(=O)CCc3ccccc3)CC2)c(=O)cc1-c1ccccc1F. The number of hydrogen-bond donors (Lipinski definition) is 1. The Morgan fingerprint density at radius 1 is 1.03 bits per heavy atom. The number of carbonyl (C=O) groups is 2. The second kappa shape index (κ2) is 11.9. The van der Waals surface area contributed by atoms with Gasteiger partial charge in [-0.15, -0.1) is 0 Å². The minimum atomic E-state index is -1.22. The van der Waals surface area contributed by atoms with Crippen molar-refractivity contribution in [3.05, 3.63) is 94.2 Å². The van der Waals surface area contributed by atoms with Crippen LogP contribution in [0.4, 0.5) is 4.39 Å². The molecule has 7 nitrogen and oxygen atoms in total. The molecule has 4 rings (SSSR count). The Labute approximate surface area is 228 Å². The Balaban J connectivity index is 1.52. The molecule has 8 heteroatoms. The van der Waals surface area contributed by atoms with Gasteiger partial charge in [-0.05, 0) is 44.7 Å². The van der Waals surface area contributed by atoms with Gasteiger partial charge in [0.25, 0.3) is 11.5 Å². The summed E-state index contributed by atoms with van der Waals surface area (Å²) >= 11 is 0. The maximum atomic E-state index is 14.7. The molecule has 0 radical (unpaired) electrons. The molecular weight excluding hydrogens is 497 g/mol. The second-order valence-electron chi connectivity index (χ2n) is 10.6. The topological polar surface area (TPSA) is 82.8 Å². The Kier molecular flexibility index (Phi) is 8.65. The van der Waals surface area contributed by atoms with Gasteiger partial charge in [-0.25, -0.2) is 4.39 Å². The summed E-state index contributed by atoms with van der Waals surface area (Å²) in [6.07, 6.45) is 3.10. The number of nitrogens with zero attached hydrogens (tertiary/aromatic N) is 3. The van der Waals surface area contributed by atoms with Crippen LogP contribution in [0.3, 0.4) is 0 Å². The number of halogens is 1. The van der Waals surface area contributed by atoms with E-state index in [2.05, 4.69) is 0 Å². The van der Waals surface area contributed by atoms with E-state index in [1.165, 1.54) is 27.8 Å². The van der Waals surface area contributed by atoms with Gasteiger partial charge in [0.2, 0.25) is 5.91 Å². The van der Waals surface area contributed by atoms with Crippen molar-refractivity contribution >= 4 is 11.8 Å². The van der Waals surface area contributed by atoms with Crippen LogP contribution in [0.5, 0.6) is 0 Å². The van der Waals surface area contributed by atoms with Gasteiger partial charge in [0, 0.05) is 56.0 Å². The van der Waals surface area contributed by atoms with Gasteiger partial charge in [0.15, 0.2) is 0 Å². The first-order chi connectivity index (χ1) is 18.6. The van der Waals surface area contributed by atoms with Gasteiger partial charge < -0.3 is 19.5 Å². The van der Waals surface area contributed by atoms with Crippen molar-refractivity contribution in [1.82, 2.24) is 14.4 Å². The van der Waals surface area contributed by atoms with Crippen molar-refractivity contribution in [2.24, 2.45) is 0 Å². The lowest BCUT2D eigenvalue weighted by atomic mass is 9.90. The van der Waals surface area contributed by atoms with Crippen LogP contribution in [0.2, 0.25) is 0 Å². The summed E-state index contributed by atoms with van der Waals surface area (Å²) in [5, 5.41) is 11.4. The van der Waals surface area contributed by atoms with E-state index in [1.54, 1.807) is 30.1 Å². The van der Waals surface area contributed by atoms with Crippen LogP contribution >= 0.6 is 0 Å². The van der Waals surface area contributed by atoms with E-state index in [1.807, 2.05) is 44.2 Å². The van der Waals surface area contributed by atoms with Crippen molar-refractivity contribution in [3.63, 3.8) is 0 Å². The van der Waals surface area contributed by atoms with Gasteiger partial charge in [0.1, 0.15) is 5.82 Å². The minimum Gasteiger partial charge on any atom is -0.388 e. The van der Waals surface area contributed by atoms with Gasteiger partial charge >= 0.3 is 0 Å². The number of carbonyl (C=O) groups excluding carboxylic acids is 2. The van der Waals surface area contributed by atoms with Crippen LogP contribution in [0.15, 0.2) is 71.7 Å². The highest BCUT2D eigenvalue weighted by molar-refractivity contribution is 6.00. The summed E-state index contributed by atoms with van der Waals surface area (Å²) in [5.74, 6) is -0.835. The summed E-state index contributed by atoms with van der Waals surface area (Å²) in [6.45, 7) is 4.48. The first kappa shape index (κ1) is 28.2. The molecule has 1 fully saturated rings. The zero-order valence-corrected chi connectivity index (χ0v) is 22.8. The number of aliphatic hydroxyl groups is 1. The first-order valence-corrected chi connectivity index (χ1v) is 13.4. The fraction of sp³-hybridized carbons (Fsp3) is 0.387. The molecule has 1 aromatic heterocycles. The number of aromatic nitrogens is 1. The van der Waals surface area contributed by atoms with Crippen molar-refractivity contribution in [2.45, 2.75) is 57.7 Å². The van der Waals surface area contributed by atoms with Crippen molar-refractivity contribution in [1.29, 1.82) is 0 Å². The predicted octanol–water partition coefficient (Wildman–Crippen LogP) is 4.12. The van der Waals surface area contributed by atoms with Gasteiger partial charge in [0.05, 0.1) is 17.7 Å². The smallest absolute Gasteiger partial charge is 0.255 e. The first-order valence-electron chi connectivity index (χ1n) is 13.4. The molecule has 3 aromatic rings. The third kappa shape index (κ3) is 6.63. The van der Waals surface area contributed by atoms with Crippen LogP contribution in [0.1, 0.15) is 49.0 Å². The van der Waals surface area contributed by atoms with E-state index < -0.39 is 17.0 Å². The van der Waals surface area contributed by atoms with E-state index in [0.717, 1.165) is 5.56 Å². The number of benzene rings is 2. The summed E-state index contributed by atoms with van der Waals surface area (Å²) in [7, 11) is 1.66. The molecule has 0 atom stereocenters. The zero-order chi connectivity index (χ0) is 28.2. The average Bonchev–Trinajstić information content (AvgIpc) is 2.93. The van der Waals surface area contributed by atoms with Crippen LogP contribution in [-0.2, 0) is 17.8 Å². The molecular formula is C31H36FN3O4. The number of pyridine rings is 1. The highest BCUT2D eigenvalue weighted by atomic mass is 19.1. The zero-order valence-electron chi connectivity index (χ0n) is 22.8. The number of aryl methyl sites for hydroxylation is 1. The van der Waals surface area contributed by atoms with Gasteiger partial charge in [-0.1, -0.05) is 48.5 Å². The lowest BCUT2D eigenvalue weighted by Gasteiger charge is -2.38. The van der Waals surface area contributed by atoms with Crippen LogP contribution in [0.25, 0.3) is 11.1 Å². The highest BCUT2D eigenvalue weighted by Crippen LogP contribution is 2.28. The van der Waals surface area contributed by atoms with Crippen molar-refractivity contribution < 1.29 is 19.1 Å². The van der Waals surface area contributed by atoms with Gasteiger partial charge in [-0.2, -0.15) is 0 Å². The number of hydrogen-bond acceptors (Lipinski definition) is 4. The highest BCUT2D eigenvalue weighted by Gasteiger charge is 2.35. The monoisotopic (exact) mass is 533 g/mol. The minimum absolute atomic E-state index is 0.0267. The molecule has 39 heavy (non-hydrogen) atoms. The molecule has 2 amide bonds. The van der Waals surface area contributed by atoms with Crippen LogP contribution < -0.4 is 5.56 Å². The molecule has 206 valence electrons. The van der Waals surface area contributed by atoms with E-state index in [4.69, 9.17) is 0 Å². The van der Waals surface area contributed by atoms with Gasteiger partial charge in [-0.3, -0.25) is 14.4 Å². The Bertz CT molecular complexity index is 1380. The second-order valence-corrected chi connectivity index (χ2v) is 10.6. The Morgan fingerprint density at radius 3 is 2.31 bits per heavy atom. The number of rotatable bonds is 8. The average molecular weight is 534 g/mol. The summed E-state index contributed by atoms with van der Waals surface area (Å²) in [4.78, 5) is 42.6. The van der Waals surface area contributed by atoms with E-state index in [0.29, 0.717) is 38.8 Å². The van der Waals surface area contributed by atoms with Crippen molar-refractivity contribution in [3.8, 4) is 11.1 Å². The third-order valence-corrected chi connectivity index (χ3v) is 7.60.